The Morgan fingerprint density at radius 2 is 1.89 bits per heavy atom. The highest BCUT2D eigenvalue weighted by molar-refractivity contribution is 5.98. The molecule has 3 fully saturated rings. The van der Waals surface area contributed by atoms with E-state index in [-0.39, 0.29) is 38.9 Å². The van der Waals surface area contributed by atoms with Crippen molar-refractivity contribution in [3.8, 4) is 0 Å². The summed E-state index contributed by atoms with van der Waals surface area (Å²) in [6.07, 6.45) is -0.588. The van der Waals surface area contributed by atoms with Gasteiger partial charge >= 0.3 is 6.03 Å². The standard InChI is InChI=1S/C16H21F3N4O4/c1-14(7-16(14,18)19)12(26)21-9-4-15(17,5-9)8-20-11(25)6-23-3-2-10(24)22-13(23)27/h9H,2-8H2,1H3,(H,20,25)(H,21,26)(H,22,24,27). The molecule has 8 nitrogen and oxygen atoms in total. The number of urea groups is 1. The third-order valence-corrected chi connectivity index (χ3v) is 5.40. The van der Waals surface area contributed by atoms with Gasteiger partial charge in [-0.3, -0.25) is 19.7 Å². The van der Waals surface area contributed by atoms with Gasteiger partial charge in [0, 0.05) is 38.3 Å². The Balaban J connectivity index is 1.37. The molecule has 1 atom stereocenters. The molecule has 1 saturated heterocycles. The van der Waals surface area contributed by atoms with Crippen LogP contribution in [0.2, 0.25) is 0 Å². The van der Waals surface area contributed by atoms with E-state index in [1.807, 2.05) is 0 Å². The molecule has 150 valence electrons. The van der Waals surface area contributed by atoms with Crippen LogP contribution < -0.4 is 16.0 Å². The van der Waals surface area contributed by atoms with Gasteiger partial charge in [-0.05, 0) is 6.92 Å². The van der Waals surface area contributed by atoms with Gasteiger partial charge in [0.25, 0.3) is 5.92 Å². The van der Waals surface area contributed by atoms with Crippen LogP contribution in [-0.4, -0.2) is 65.9 Å². The van der Waals surface area contributed by atoms with E-state index < -0.39 is 53.2 Å². The van der Waals surface area contributed by atoms with E-state index in [1.165, 1.54) is 6.92 Å². The number of rotatable bonds is 6. The summed E-state index contributed by atoms with van der Waals surface area (Å²) in [6, 6.07) is -1.22. The first-order valence-electron chi connectivity index (χ1n) is 8.67. The molecule has 3 aliphatic rings. The molecule has 1 aliphatic heterocycles. The topological polar surface area (TPSA) is 108 Å². The molecule has 0 aromatic carbocycles. The molecule has 11 heteroatoms. The summed E-state index contributed by atoms with van der Waals surface area (Å²) in [7, 11) is 0. The van der Waals surface area contributed by atoms with Crippen LogP contribution in [0.5, 0.6) is 0 Å². The number of alkyl halides is 3. The van der Waals surface area contributed by atoms with E-state index in [1.54, 1.807) is 0 Å². The highest BCUT2D eigenvalue weighted by Gasteiger charge is 2.72. The Morgan fingerprint density at radius 3 is 2.44 bits per heavy atom. The smallest absolute Gasteiger partial charge is 0.324 e. The second kappa shape index (κ2) is 6.38. The lowest BCUT2D eigenvalue weighted by atomic mass is 9.77. The Kier molecular flexibility index (Phi) is 4.59. The minimum atomic E-state index is -3.02. The first kappa shape index (κ1) is 19.4. The van der Waals surface area contributed by atoms with Crippen molar-refractivity contribution in [1.82, 2.24) is 20.9 Å². The maximum Gasteiger partial charge on any atom is 0.324 e. The second-order valence-electron chi connectivity index (χ2n) is 7.74. The molecule has 1 heterocycles. The van der Waals surface area contributed by atoms with Crippen LogP contribution in [0.1, 0.15) is 32.6 Å². The lowest BCUT2D eigenvalue weighted by Crippen LogP contribution is -2.59. The third kappa shape index (κ3) is 3.86. The fraction of sp³-hybridized carbons (Fsp3) is 0.750. The van der Waals surface area contributed by atoms with E-state index in [0.717, 1.165) is 4.90 Å². The fourth-order valence-corrected chi connectivity index (χ4v) is 3.30. The summed E-state index contributed by atoms with van der Waals surface area (Å²) in [5.41, 5.74) is -3.45. The zero-order valence-electron chi connectivity index (χ0n) is 14.7. The summed E-state index contributed by atoms with van der Waals surface area (Å²) in [5.74, 6) is -4.80. The van der Waals surface area contributed by atoms with Crippen LogP contribution in [0.4, 0.5) is 18.0 Å². The van der Waals surface area contributed by atoms with Gasteiger partial charge < -0.3 is 15.5 Å². The van der Waals surface area contributed by atoms with E-state index in [9.17, 15) is 32.3 Å². The molecule has 1 unspecified atom stereocenters. The summed E-state index contributed by atoms with van der Waals surface area (Å²) >= 11 is 0. The van der Waals surface area contributed by atoms with Gasteiger partial charge in [0.05, 0.1) is 6.54 Å². The van der Waals surface area contributed by atoms with E-state index >= 15 is 0 Å². The van der Waals surface area contributed by atoms with Crippen LogP contribution in [-0.2, 0) is 14.4 Å². The average molecular weight is 390 g/mol. The summed E-state index contributed by atoms with van der Waals surface area (Å²) in [5, 5.41) is 6.89. The summed E-state index contributed by atoms with van der Waals surface area (Å²) < 4.78 is 40.8. The van der Waals surface area contributed by atoms with Crippen molar-refractivity contribution >= 4 is 23.8 Å². The second-order valence-corrected chi connectivity index (χ2v) is 7.74. The molecule has 2 aliphatic carbocycles. The first-order valence-corrected chi connectivity index (χ1v) is 8.67. The van der Waals surface area contributed by atoms with Crippen molar-refractivity contribution in [2.75, 3.05) is 19.6 Å². The van der Waals surface area contributed by atoms with Crippen molar-refractivity contribution in [2.45, 2.75) is 50.2 Å². The van der Waals surface area contributed by atoms with Crippen molar-refractivity contribution in [2.24, 2.45) is 5.41 Å². The molecule has 27 heavy (non-hydrogen) atoms. The Bertz CT molecular complexity index is 695. The Hall–Kier alpha value is -2.33. The van der Waals surface area contributed by atoms with Crippen LogP contribution in [0, 0.1) is 5.41 Å². The number of halogens is 3. The van der Waals surface area contributed by atoms with Crippen LogP contribution in [0.3, 0.4) is 0 Å². The number of imide groups is 1. The van der Waals surface area contributed by atoms with Gasteiger partial charge in [-0.2, -0.15) is 0 Å². The molecule has 3 N–H and O–H groups in total. The lowest BCUT2D eigenvalue weighted by molar-refractivity contribution is -0.132. The fourth-order valence-electron chi connectivity index (χ4n) is 3.30. The molecule has 5 amide bonds. The third-order valence-electron chi connectivity index (χ3n) is 5.40. The first-order chi connectivity index (χ1) is 12.4. The van der Waals surface area contributed by atoms with Gasteiger partial charge in [0.1, 0.15) is 17.6 Å². The van der Waals surface area contributed by atoms with E-state index in [2.05, 4.69) is 16.0 Å². The van der Waals surface area contributed by atoms with Crippen molar-refractivity contribution in [1.29, 1.82) is 0 Å². The Morgan fingerprint density at radius 1 is 1.26 bits per heavy atom. The van der Waals surface area contributed by atoms with Crippen molar-refractivity contribution in [3.63, 3.8) is 0 Å². The number of carbonyl (C=O) groups excluding carboxylic acids is 4. The van der Waals surface area contributed by atoms with Crippen molar-refractivity contribution in [3.05, 3.63) is 0 Å². The molecule has 0 spiro atoms. The molecular formula is C16H21F3N4O4. The number of hydrogen-bond acceptors (Lipinski definition) is 4. The van der Waals surface area contributed by atoms with Gasteiger partial charge in [0.15, 0.2) is 0 Å². The summed E-state index contributed by atoms with van der Waals surface area (Å²) in [4.78, 5) is 47.4. The minimum Gasteiger partial charge on any atom is -0.352 e. The summed E-state index contributed by atoms with van der Waals surface area (Å²) in [6.45, 7) is 0.674. The van der Waals surface area contributed by atoms with Gasteiger partial charge in [0.2, 0.25) is 17.7 Å². The van der Waals surface area contributed by atoms with Crippen molar-refractivity contribution < 1.29 is 32.3 Å². The van der Waals surface area contributed by atoms with E-state index in [4.69, 9.17) is 0 Å². The number of hydrogen-bond donors (Lipinski definition) is 3. The maximum absolute atomic E-state index is 14.5. The highest BCUT2D eigenvalue weighted by Crippen LogP contribution is 2.60. The highest BCUT2D eigenvalue weighted by atomic mass is 19.3. The monoisotopic (exact) mass is 390 g/mol. The zero-order chi connectivity index (χ0) is 20.0. The molecule has 0 aromatic rings. The average Bonchev–Trinajstić information content (AvgIpc) is 3.06. The minimum absolute atomic E-state index is 0.0840. The van der Waals surface area contributed by atoms with Gasteiger partial charge in [-0.25, -0.2) is 18.0 Å². The Labute approximate surface area is 153 Å². The number of nitrogens with zero attached hydrogens (tertiary/aromatic N) is 1. The van der Waals surface area contributed by atoms with Gasteiger partial charge in [-0.15, -0.1) is 0 Å². The zero-order valence-corrected chi connectivity index (χ0v) is 14.7. The van der Waals surface area contributed by atoms with Gasteiger partial charge in [-0.1, -0.05) is 0 Å². The molecule has 0 radical (unpaired) electrons. The molecule has 3 rings (SSSR count). The van der Waals surface area contributed by atoms with Crippen LogP contribution in [0.25, 0.3) is 0 Å². The largest absolute Gasteiger partial charge is 0.352 e. The maximum atomic E-state index is 14.5. The molecule has 0 bridgehead atoms. The lowest BCUT2D eigenvalue weighted by Gasteiger charge is -2.42. The number of nitrogens with one attached hydrogen (secondary N) is 3. The SMILES string of the molecule is CC1(C(=O)NC2CC(F)(CNC(=O)CN3CCC(=O)NC3=O)C2)CC1(F)F. The number of carbonyl (C=O) groups is 4. The predicted octanol–water partition coefficient (Wildman–Crippen LogP) is 0.0767. The molecular weight excluding hydrogens is 369 g/mol. The van der Waals surface area contributed by atoms with Crippen LogP contribution >= 0.6 is 0 Å². The molecule has 0 aromatic heterocycles. The predicted molar refractivity (Wildman–Crippen MR) is 85.4 cm³/mol. The van der Waals surface area contributed by atoms with E-state index in [0.29, 0.717) is 0 Å². The number of amides is 5. The normalized spacial score (nSPS) is 34.4. The molecule has 2 saturated carbocycles. The van der Waals surface area contributed by atoms with Crippen LogP contribution in [0.15, 0.2) is 0 Å². The quantitative estimate of drug-likeness (QED) is 0.597.